The highest BCUT2D eigenvalue weighted by Gasteiger charge is 2.09. The lowest BCUT2D eigenvalue weighted by molar-refractivity contribution is 0.102. The van der Waals surface area contributed by atoms with Crippen molar-refractivity contribution in [2.45, 2.75) is 26.2 Å². The fourth-order valence-electron chi connectivity index (χ4n) is 1.91. The van der Waals surface area contributed by atoms with Crippen LogP contribution >= 0.6 is 23.2 Å². The van der Waals surface area contributed by atoms with E-state index in [9.17, 15) is 4.79 Å². The number of halogens is 2. The van der Waals surface area contributed by atoms with Gasteiger partial charge in [0.15, 0.2) is 5.82 Å². The molecule has 1 amide bonds. The quantitative estimate of drug-likeness (QED) is 0.712. The van der Waals surface area contributed by atoms with Crippen LogP contribution in [0.15, 0.2) is 30.3 Å². The van der Waals surface area contributed by atoms with Crippen LogP contribution in [-0.4, -0.2) is 22.6 Å². The smallest absolute Gasteiger partial charge is 0.256 e. The van der Waals surface area contributed by atoms with Crippen molar-refractivity contribution in [3.63, 3.8) is 0 Å². The van der Waals surface area contributed by atoms with Gasteiger partial charge in [0.05, 0.1) is 10.0 Å². The van der Waals surface area contributed by atoms with Gasteiger partial charge in [0.1, 0.15) is 5.82 Å². The van der Waals surface area contributed by atoms with E-state index in [4.69, 9.17) is 23.2 Å². The summed E-state index contributed by atoms with van der Waals surface area (Å²) in [4.78, 5) is 12.1. The minimum atomic E-state index is -0.318. The van der Waals surface area contributed by atoms with Crippen LogP contribution in [0.1, 0.15) is 36.5 Å². The molecule has 0 spiro atoms. The van der Waals surface area contributed by atoms with E-state index in [2.05, 4.69) is 27.8 Å². The van der Waals surface area contributed by atoms with Gasteiger partial charge in [0, 0.05) is 12.1 Å². The lowest BCUT2D eigenvalue weighted by atomic mass is 10.2. The summed E-state index contributed by atoms with van der Waals surface area (Å²) in [6, 6.07) is 8.17. The normalized spacial score (nSPS) is 10.4. The predicted octanol–water partition coefficient (Wildman–Crippen LogP) is 4.64. The summed E-state index contributed by atoms with van der Waals surface area (Å²) in [5.74, 6) is 0.746. The topological polar surface area (TPSA) is 66.9 Å². The van der Waals surface area contributed by atoms with Crippen LogP contribution in [0.4, 0.5) is 11.6 Å². The fraction of sp³-hybridized carbons (Fsp3) is 0.312. The number of unbranched alkanes of at least 4 members (excludes halogenated alkanes) is 2. The molecular formula is C16H18Cl2N4O. The van der Waals surface area contributed by atoms with Gasteiger partial charge in [-0.3, -0.25) is 4.79 Å². The van der Waals surface area contributed by atoms with Crippen LogP contribution in [0.3, 0.4) is 0 Å². The van der Waals surface area contributed by atoms with E-state index in [1.807, 2.05) is 0 Å². The highest BCUT2D eigenvalue weighted by Crippen LogP contribution is 2.23. The van der Waals surface area contributed by atoms with Crippen LogP contribution in [0, 0.1) is 0 Å². The molecule has 2 N–H and O–H groups in total. The van der Waals surface area contributed by atoms with E-state index in [0.717, 1.165) is 13.0 Å². The number of nitrogens with zero attached hydrogens (tertiary/aromatic N) is 2. The lowest BCUT2D eigenvalue weighted by Crippen LogP contribution is -2.14. The molecule has 2 rings (SSSR count). The maximum Gasteiger partial charge on any atom is 0.256 e. The zero-order valence-electron chi connectivity index (χ0n) is 12.8. The Balaban J connectivity index is 1.92. The number of hydrogen-bond acceptors (Lipinski definition) is 4. The second-order valence-corrected chi connectivity index (χ2v) is 5.84. The third-order valence-corrected chi connectivity index (χ3v) is 3.91. The Labute approximate surface area is 145 Å². The van der Waals surface area contributed by atoms with E-state index in [1.165, 1.54) is 18.9 Å². The molecule has 122 valence electrons. The third-order valence-electron chi connectivity index (χ3n) is 3.17. The zero-order valence-corrected chi connectivity index (χ0v) is 14.3. The van der Waals surface area contributed by atoms with Crippen LogP contribution in [0.2, 0.25) is 10.0 Å². The van der Waals surface area contributed by atoms with Gasteiger partial charge < -0.3 is 10.6 Å². The SMILES string of the molecule is CCCCCNc1ccc(NC(=O)c2ccc(Cl)c(Cl)c2)nn1. The molecule has 0 fully saturated rings. The molecule has 7 heteroatoms. The van der Waals surface area contributed by atoms with Crippen molar-refractivity contribution in [2.24, 2.45) is 0 Å². The number of aromatic nitrogens is 2. The summed E-state index contributed by atoms with van der Waals surface area (Å²) in [5, 5.41) is 14.6. The first kappa shape index (κ1) is 17.5. The summed E-state index contributed by atoms with van der Waals surface area (Å²) >= 11 is 11.7. The first-order valence-corrected chi connectivity index (χ1v) is 8.19. The molecule has 0 aliphatic heterocycles. The van der Waals surface area contributed by atoms with Crippen molar-refractivity contribution < 1.29 is 4.79 Å². The largest absolute Gasteiger partial charge is 0.369 e. The number of anilines is 2. The summed E-state index contributed by atoms with van der Waals surface area (Å²) < 4.78 is 0. The zero-order chi connectivity index (χ0) is 16.7. The van der Waals surface area contributed by atoms with E-state index < -0.39 is 0 Å². The summed E-state index contributed by atoms with van der Waals surface area (Å²) in [5.41, 5.74) is 0.406. The number of rotatable bonds is 7. The van der Waals surface area contributed by atoms with E-state index in [1.54, 1.807) is 24.3 Å². The molecule has 1 aromatic heterocycles. The van der Waals surface area contributed by atoms with E-state index >= 15 is 0 Å². The first-order valence-electron chi connectivity index (χ1n) is 7.44. The average molecular weight is 353 g/mol. The monoisotopic (exact) mass is 352 g/mol. The highest BCUT2D eigenvalue weighted by molar-refractivity contribution is 6.42. The Morgan fingerprint density at radius 1 is 1.04 bits per heavy atom. The Morgan fingerprint density at radius 2 is 1.78 bits per heavy atom. The van der Waals surface area contributed by atoms with Crippen molar-refractivity contribution >= 4 is 40.7 Å². The van der Waals surface area contributed by atoms with Crippen LogP contribution in [0.5, 0.6) is 0 Å². The molecule has 0 saturated carbocycles. The van der Waals surface area contributed by atoms with Crippen LogP contribution in [-0.2, 0) is 0 Å². The molecule has 0 radical (unpaired) electrons. The molecule has 0 aliphatic carbocycles. The number of nitrogens with one attached hydrogen (secondary N) is 2. The molecular weight excluding hydrogens is 335 g/mol. The molecule has 2 aromatic rings. The minimum absolute atomic E-state index is 0.318. The Bertz CT molecular complexity index is 662. The van der Waals surface area contributed by atoms with Crippen molar-refractivity contribution in [3.05, 3.63) is 45.9 Å². The van der Waals surface area contributed by atoms with Crippen molar-refractivity contribution in [2.75, 3.05) is 17.2 Å². The number of hydrogen-bond donors (Lipinski definition) is 2. The van der Waals surface area contributed by atoms with Gasteiger partial charge in [-0.15, -0.1) is 10.2 Å². The maximum absolute atomic E-state index is 12.1. The molecule has 0 saturated heterocycles. The minimum Gasteiger partial charge on any atom is -0.369 e. The van der Waals surface area contributed by atoms with Crippen molar-refractivity contribution in [1.29, 1.82) is 0 Å². The molecule has 0 unspecified atom stereocenters. The standard InChI is InChI=1S/C16H18Cl2N4O/c1-2-3-4-9-19-14-7-8-15(22-21-14)20-16(23)11-5-6-12(17)13(18)10-11/h5-8,10H,2-4,9H2,1H3,(H,19,21)(H,20,22,23). The van der Waals surface area contributed by atoms with Gasteiger partial charge >= 0.3 is 0 Å². The van der Waals surface area contributed by atoms with E-state index in [-0.39, 0.29) is 5.91 Å². The third kappa shape index (κ3) is 5.37. The van der Waals surface area contributed by atoms with E-state index in [0.29, 0.717) is 27.2 Å². The molecule has 0 aliphatic rings. The summed E-state index contributed by atoms with van der Waals surface area (Å²) in [6.45, 7) is 3.02. The molecule has 0 bridgehead atoms. The van der Waals surface area contributed by atoms with Gasteiger partial charge in [-0.1, -0.05) is 43.0 Å². The van der Waals surface area contributed by atoms with Gasteiger partial charge in [-0.05, 0) is 36.8 Å². The molecule has 0 atom stereocenters. The number of benzene rings is 1. The lowest BCUT2D eigenvalue weighted by Gasteiger charge is -2.07. The molecule has 1 aromatic carbocycles. The second-order valence-electron chi connectivity index (χ2n) is 5.02. The highest BCUT2D eigenvalue weighted by atomic mass is 35.5. The fourth-order valence-corrected chi connectivity index (χ4v) is 2.21. The van der Waals surface area contributed by atoms with Crippen LogP contribution in [0.25, 0.3) is 0 Å². The second kappa shape index (κ2) is 8.70. The summed E-state index contributed by atoms with van der Waals surface area (Å²) in [7, 11) is 0. The number of amides is 1. The Hall–Kier alpha value is -1.85. The maximum atomic E-state index is 12.1. The van der Waals surface area contributed by atoms with Gasteiger partial charge in [-0.2, -0.15) is 0 Å². The number of carbonyl (C=O) groups excluding carboxylic acids is 1. The molecule has 23 heavy (non-hydrogen) atoms. The Morgan fingerprint density at radius 3 is 2.43 bits per heavy atom. The average Bonchev–Trinajstić information content (AvgIpc) is 2.55. The number of carbonyl (C=O) groups is 1. The van der Waals surface area contributed by atoms with Gasteiger partial charge in [-0.25, -0.2) is 0 Å². The first-order chi connectivity index (χ1) is 11.1. The molecule has 1 heterocycles. The van der Waals surface area contributed by atoms with Crippen LogP contribution < -0.4 is 10.6 Å². The van der Waals surface area contributed by atoms with Gasteiger partial charge in [0.25, 0.3) is 5.91 Å². The van der Waals surface area contributed by atoms with Crippen molar-refractivity contribution in [3.8, 4) is 0 Å². The predicted molar refractivity (Wildman–Crippen MR) is 94.5 cm³/mol. The van der Waals surface area contributed by atoms with Gasteiger partial charge in [0.2, 0.25) is 0 Å². The Kier molecular flexibility index (Phi) is 6.62. The molecule has 5 nitrogen and oxygen atoms in total. The van der Waals surface area contributed by atoms with Crippen molar-refractivity contribution in [1.82, 2.24) is 10.2 Å². The summed E-state index contributed by atoms with van der Waals surface area (Å²) in [6.07, 6.45) is 3.44.